The predicted octanol–water partition coefficient (Wildman–Crippen LogP) is 9.85. The average molecular weight is 2120 g/mol. The largest absolute Gasteiger partial charge is 0.458 e. The number of carbonyl (C=O) groups is 8. The minimum Gasteiger partial charge on any atom is -0.458 e. The molecule has 2 aromatic rings. The third kappa shape index (κ3) is 25.1. The van der Waals surface area contributed by atoms with Gasteiger partial charge in [-0.2, -0.15) is 0 Å². The average Bonchev–Trinajstić information content (AvgIpc) is 1.64. The second-order valence-electron chi connectivity index (χ2n) is 40.1. The molecule has 5 N–H and O–H groups in total. The van der Waals surface area contributed by atoms with Crippen LogP contribution in [0.25, 0.3) is 0 Å². The summed E-state index contributed by atoms with van der Waals surface area (Å²) in [5.74, 6) is -7.99. The fourth-order valence-electron chi connectivity index (χ4n) is 22.1. The Balaban J connectivity index is 0.000000328. The second kappa shape index (κ2) is 47.5. The van der Waals surface area contributed by atoms with Crippen LogP contribution in [0.4, 0.5) is 19.2 Å². The Morgan fingerprint density at radius 1 is 0.560 bits per heavy atom. The van der Waals surface area contributed by atoms with Gasteiger partial charge in [-0.15, -0.1) is 0 Å². The number of nitrogens with one attached hydrogen (secondary N) is 3. The number of aliphatic hydroxyl groups is 2. The maximum atomic E-state index is 14.8. The SMILES string of the molecule is C.CC[C@H]1OC(=O)C(C)C(OC2CC(C)(OC)C(OC(=O)NCCN3Cc4ccccc4C(OC)C3)C(C)O2)C(C)C(OC2OC(C)CC(N(C)C)C2O)C(C)(OC)CC(C)C(=O)C(C)C2NC(=O)OC21C.CC[C@H]1OC(=O)C(C)C(OC2CC(C)(OC)C(OC(=O)n3ccnc3)C(C)O2)C(C)C(OC2OC(C)CC(N(C)C)C2O)C(C)(OC)CC(C)C(=O)C(C)C2NC(=O)OC21C.[Ac]. The third-order valence-electron chi connectivity index (χ3n) is 30.1. The number of likely N-dealkylation sites (N-methyl/N-ethyl adjacent to an activating group) is 2. The van der Waals surface area contributed by atoms with Crippen LogP contribution in [0.5, 0.6) is 0 Å². The molecule has 37 atom stereocenters. The molecule has 1 aromatic heterocycles. The van der Waals surface area contributed by atoms with Gasteiger partial charge in [0.05, 0.1) is 90.1 Å². The monoisotopic (exact) mass is 2110 g/mol. The van der Waals surface area contributed by atoms with Gasteiger partial charge in [-0.25, -0.2) is 28.7 Å². The van der Waals surface area contributed by atoms with Gasteiger partial charge in [-0.1, -0.05) is 87.1 Å². The Labute approximate surface area is 828 Å². The number of benzene rings is 1. The van der Waals surface area contributed by atoms with Crippen LogP contribution in [-0.2, 0) is 116 Å². The number of aliphatic hydroxyl groups excluding tert-OH is 2. The van der Waals surface area contributed by atoms with E-state index in [2.05, 4.69) is 38.0 Å². The first-order chi connectivity index (χ1) is 62.0. The molecule has 37 nitrogen and oxygen atoms in total. The van der Waals surface area contributed by atoms with E-state index >= 15 is 0 Å². The number of rotatable bonds is 22. The summed E-state index contributed by atoms with van der Waals surface area (Å²) in [6.45, 7) is 38.1. The molecule has 759 valence electrons. The third-order valence-corrected chi connectivity index (χ3v) is 30.1. The summed E-state index contributed by atoms with van der Waals surface area (Å²) >= 11 is 0. The number of nitrogens with zero attached hydrogens (tertiary/aromatic N) is 5. The van der Waals surface area contributed by atoms with E-state index in [0.717, 1.165) is 6.54 Å². The van der Waals surface area contributed by atoms with Crippen molar-refractivity contribution in [3.05, 3.63) is 54.1 Å². The zero-order valence-corrected chi connectivity index (χ0v) is 88.4. The zero-order valence-electron chi connectivity index (χ0n) is 83.7. The van der Waals surface area contributed by atoms with Gasteiger partial charge < -0.3 is 126 Å². The molecule has 0 aliphatic carbocycles. The van der Waals surface area contributed by atoms with Crippen molar-refractivity contribution in [3.8, 4) is 0 Å². The first kappa shape index (κ1) is 114. The van der Waals surface area contributed by atoms with Crippen LogP contribution in [0.1, 0.15) is 214 Å². The van der Waals surface area contributed by atoms with Gasteiger partial charge in [-0.3, -0.25) is 24.1 Å². The predicted molar refractivity (Wildman–Crippen MR) is 485 cm³/mol. The standard InChI is InChI=1S/C52H84N4O15.C43H70N4O14.CH4.Ac/c1-16-38-52(10)43(54-49(61)71-52)30(4)40(57)28(2)24-50(8,63-14)44(69-47-41(58)36(55(11)12)23-29(3)65-47)31(5)42(32(6)46(59)67-38)68-39-25-51(9,64-15)45(33(7)66-39)70-48(60)53-21-22-56-26-34-19-17-18-20-35(34)37(27-56)62-13;1-15-29-43(10)34(45-39(51)61-43)24(4)31(48)22(2)19-41(8,53-13)35(59-38-32(49)28(46(11)12)18-23(3)55-38)25(5)33(26(6)37(50)57-29)58-30-20-42(9,54-14)36(27(7)56-30)60-40(52)47-17-16-44-21-47;;/h17-20,28-33,36-39,41-45,47,58H,16,21-27H2,1-15H3,(H,53,60)(H,54,61);16-17,21-30,32-36,38,49H,15,18-20H2,1-14H3,(H,45,51);1H4;/t28?,29?,30?,31?,32?,33?,36?,37?,38-,39?,41?,42?,43?,44?,45?,47?,50?,51?,52?;22?,23?,24?,25?,26?,27?,28?,29-,30?,32?,33?,34?,35?,36?,38?,41?,42?,43?;;/m11../s1. The molecule has 1 radical (unpaired) electrons. The van der Waals surface area contributed by atoms with E-state index in [1.807, 2.05) is 126 Å². The van der Waals surface area contributed by atoms with Crippen molar-refractivity contribution in [2.45, 2.75) is 378 Å². The van der Waals surface area contributed by atoms with E-state index in [1.54, 1.807) is 69.4 Å². The number of ketones is 2. The molecule has 0 bridgehead atoms. The fraction of sp³-hybridized carbons (Fsp3) is 0.823. The molecule has 9 aliphatic rings. The summed E-state index contributed by atoms with van der Waals surface area (Å²) in [7, 11) is 15.3. The second-order valence-corrected chi connectivity index (χ2v) is 40.1. The number of ether oxygens (including phenoxy) is 19. The zero-order chi connectivity index (χ0) is 97.7. The van der Waals surface area contributed by atoms with Crippen molar-refractivity contribution < 1.29 is 183 Å². The molecule has 10 heterocycles. The van der Waals surface area contributed by atoms with Crippen molar-refractivity contribution >= 4 is 47.9 Å². The summed E-state index contributed by atoms with van der Waals surface area (Å²) in [5.41, 5.74) is -5.22. The van der Waals surface area contributed by atoms with Crippen molar-refractivity contribution in [3.63, 3.8) is 0 Å². The van der Waals surface area contributed by atoms with E-state index in [9.17, 15) is 48.6 Å². The molecule has 3 amide bonds. The van der Waals surface area contributed by atoms with Gasteiger partial charge in [0.2, 0.25) is 0 Å². The number of amides is 3. The molecule has 134 heavy (non-hydrogen) atoms. The molecule has 11 rings (SSSR count). The number of imidazole rings is 1. The molecule has 38 heteroatoms. The summed E-state index contributed by atoms with van der Waals surface area (Å²) in [5, 5.41) is 32.2. The summed E-state index contributed by atoms with van der Waals surface area (Å²) < 4.78 is 122. The maximum absolute atomic E-state index is 14.8. The normalized spacial score (nSPS) is 42.2. The van der Waals surface area contributed by atoms with Crippen LogP contribution in [0.15, 0.2) is 43.0 Å². The Bertz CT molecular complexity index is 4200. The minimum absolute atomic E-state index is 0. The number of esters is 2. The molecule has 8 saturated heterocycles. The van der Waals surface area contributed by atoms with E-state index in [0.29, 0.717) is 32.5 Å². The van der Waals surface area contributed by atoms with E-state index in [4.69, 9.17) is 90.0 Å². The van der Waals surface area contributed by atoms with Crippen LogP contribution in [-0.4, -0.2) is 334 Å². The fourth-order valence-corrected chi connectivity index (χ4v) is 22.1. The Kier molecular flexibility index (Phi) is 40.4. The number of cyclic esters (lactones) is 2. The summed E-state index contributed by atoms with van der Waals surface area (Å²) in [6, 6.07) is 5.93. The molecule has 9 aliphatic heterocycles. The number of hydrogen-bond acceptors (Lipinski definition) is 33. The van der Waals surface area contributed by atoms with Gasteiger partial charge in [0, 0.05) is 179 Å². The van der Waals surface area contributed by atoms with E-state index in [-0.39, 0.29) is 132 Å². The molecule has 35 unspecified atom stereocenters. The Morgan fingerprint density at radius 2 is 0.970 bits per heavy atom. The number of carbonyl (C=O) groups excluding carboxylic acids is 8. The first-order valence-corrected chi connectivity index (χ1v) is 47.0. The van der Waals surface area contributed by atoms with Crippen molar-refractivity contribution in [1.29, 1.82) is 0 Å². The number of aromatic nitrogens is 2. The molecule has 0 saturated carbocycles. The molecular formula is C96H158AcN8O29. The van der Waals surface area contributed by atoms with Gasteiger partial charge in [0.25, 0.3) is 0 Å². The number of fused-ring (bicyclic) bond motifs is 3. The molecule has 8 fully saturated rings. The number of alkyl carbamates (subject to hydrolysis) is 3. The molecule has 1 aromatic carbocycles. The van der Waals surface area contributed by atoms with Crippen LogP contribution < -0.4 is 16.0 Å². The van der Waals surface area contributed by atoms with Gasteiger partial charge >= 0.3 is 36.3 Å². The van der Waals surface area contributed by atoms with Crippen molar-refractivity contribution in [1.82, 2.24) is 40.2 Å². The minimum atomic E-state index is -1.40. The Morgan fingerprint density at radius 3 is 1.36 bits per heavy atom. The van der Waals surface area contributed by atoms with E-state index in [1.165, 1.54) is 62.9 Å². The van der Waals surface area contributed by atoms with Crippen LogP contribution >= 0.6 is 0 Å². The van der Waals surface area contributed by atoms with Crippen LogP contribution in [0, 0.1) is 91.4 Å². The van der Waals surface area contributed by atoms with Crippen molar-refractivity contribution in [2.75, 3.05) is 83.4 Å². The molecule has 0 spiro atoms. The van der Waals surface area contributed by atoms with Crippen molar-refractivity contribution in [2.24, 2.45) is 47.3 Å². The smallest absolute Gasteiger partial charge is 0.419 e. The maximum Gasteiger partial charge on any atom is 0.419 e. The molecular weight excluding hydrogens is 1960 g/mol. The van der Waals surface area contributed by atoms with Crippen LogP contribution in [0.2, 0.25) is 0 Å². The van der Waals surface area contributed by atoms with Gasteiger partial charge in [-0.05, 0) is 161 Å². The topological polar surface area (TPSA) is 416 Å². The summed E-state index contributed by atoms with van der Waals surface area (Å²) in [6.07, 6.45) is -12.7. The summed E-state index contributed by atoms with van der Waals surface area (Å²) in [4.78, 5) is 121. The van der Waals surface area contributed by atoms with Gasteiger partial charge in [0.1, 0.15) is 53.5 Å². The van der Waals surface area contributed by atoms with E-state index < -0.39 is 228 Å². The Hall–Kier alpha value is -5.29. The number of Topliss-reactive ketones (excluding diaryl/α,β-unsaturated/α-hetero) is 2. The van der Waals surface area contributed by atoms with Gasteiger partial charge in [0.15, 0.2) is 48.6 Å². The van der Waals surface area contributed by atoms with Crippen LogP contribution in [0.3, 0.4) is 0 Å². The first-order valence-electron chi connectivity index (χ1n) is 47.0. The number of methoxy groups -OCH3 is 5. The quantitative estimate of drug-likeness (QED) is 0.0540. The number of hydrogen-bond donors (Lipinski definition) is 5.